The number of anilines is 1. The molecule has 1 saturated heterocycles. The van der Waals surface area contributed by atoms with Crippen molar-refractivity contribution >= 4 is 49.2 Å². The predicted octanol–water partition coefficient (Wildman–Crippen LogP) is 4.43. The number of carbonyl (C=O) groups is 1. The average Bonchev–Trinajstić information content (AvgIpc) is 3.17. The van der Waals surface area contributed by atoms with Gasteiger partial charge in [0.1, 0.15) is 5.01 Å². The van der Waals surface area contributed by atoms with Gasteiger partial charge >= 0.3 is 0 Å². The Morgan fingerprint density at radius 2 is 1.90 bits per heavy atom. The van der Waals surface area contributed by atoms with E-state index >= 15 is 0 Å². The van der Waals surface area contributed by atoms with Crippen molar-refractivity contribution in [3.63, 3.8) is 0 Å². The molecule has 1 N–H and O–H groups in total. The maximum atomic E-state index is 13.0. The lowest BCUT2D eigenvalue weighted by atomic mass is 10.2. The van der Waals surface area contributed by atoms with Crippen LogP contribution in [0.3, 0.4) is 0 Å². The van der Waals surface area contributed by atoms with E-state index in [0.717, 1.165) is 34.5 Å². The maximum absolute atomic E-state index is 13.0. The highest BCUT2D eigenvalue weighted by atomic mass is 32.2. The Labute approximate surface area is 180 Å². The quantitative estimate of drug-likeness (QED) is 0.594. The zero-order valence-electron chi connectivity index (χ0n) is 16.7. The molecule has 2 heterocycles. The van der Waals surface area contributed by atoms with Crippen LogP contribution in [0, 0.1) is 6.92 Å². The molecule has 0 radical (unpaired) electrons. The van der Waals surface area contributed by atoms with Gasteiger partial charge in [0.05, 0.1) is 15.1 Å². The number of para-hydroxylation sites is 1. The first-order valence-corrected chi connectivity index (χ1v) is 12.1. The van der Waals surface area contributed by atoms with Crippen LogP contribution in [0.1, 0.15) is 29.8 Å². The van der Waals surface area contributed by atoms with E-state index in [-0.39, 0.29) is 10.8 Å². The fourth-order valence-corrected chi connectivity index (χ4v) is 6.13. The van der Waals surface area contributed by atoms with Gasteiger partial charge in [-0.15, -0.1) is 11.3 Å². The molecular formula is C22H23N3O3S2. The van der Waals surface area contributed by atoms with Gasteiger partial charge < -0.3 is 5.32 Å². The Morgan fingerprint density at radius 3 is 2.67 bits per heavy atom. The number of aromatic nitrogens is 1. The number of hydrogen-bond donors (Lipinski definition) is 1. The summed E-state index contributed by atoms with van der Waals surface area (Å²) >= 11 is 1.51. The summed E-state index contributed by atoms with van der Waals surface area (Å²) in [4.78, 5) is 17.1. The minimum Gasteiger partial charge on any atom is -0.322 e. The Kier molecular flexibility index (Phi) is 5.99. The van der Waals surface area contributed by atoms with Crippen molar-refractivity contribution in [2.45, 2.75) is 31.1 Å². The second kappa shape index (κ2) is 8.67. The minimum atomic E-state index is -3.57. The molecule has 6 nitrogen and oxygen atoms in total. The minimum absolute atomic E-state index is 0.248. The van der Waals surface area contributed by atoms with Crippen molar-refractivity contribution in [3.8, 4) is 0 Å². The smallest absolute Gasteiger partial charge is 0.248 e. The van der Waals surface area contributed by atoms with E-state index in [1.807, 2.05) is 24.3 Å². The average molecular weight is 442 g/mol. The van der Waals surface area contributed by atoms with Crippen molar-refractivity contribution in [1.82, 2.24) is 9.29 Å². The molecule has 0 bridgehead atoms. The van der Waals surface area contributed by atoms with Gasteiger partial charge in [-0.25, -0.2) is 13.4 Å². The summed E-state index contributed by atoms with van der Waals surface area (Å²) in [6.07, 6.45) is 5.90. The third kappa shape index (κ3) is 4.45. The SMILES string of the molecule is Cc1ccc(NC(=O)/C=C/c2nc3ccccc3s2)cc1S(=O)(=O)N1CCCCC1. The summed E-state index contributed by atoms with van der Waals surface area (Å²) < 4.78 is 28.7. The first-order chi connectivity index (χ1) is 14.4. The number of nitrogens with one attached hydrogen (secondary N) is 1. The summed E-state index contributed by atoms with van der Waals surface area (Å²) in [7, 11) is -3.57. The number of piperidine rings is 1. The molecule has 156 valence electrons. The van der Waals surface area contributed by atoms with Crippen LogP contribution < -0.4 is 5.32 Å². The van der Waals surface area contributed by atoms with Crippen LogP contribution in [-0.2, 0) is 14.8 Å². The number of nitrogens with zero attached hydrogens (tertiary/aromatic N) is 2. The number of aryl methyl sites for hydroxylation is 1. The standard InChI is InChI=1S/C22H23N3O3S2/c1-16-9-10-17(15-20(16)30(27,28)25-13-5-2-6-14-25)23-21(26)11-12-22-24-18-7-3-4-8-19(18)29-22/h3-4,7-12,15H,2,5-6,13-14H2,1H3,(H,23,26)/b12-11+. The summed E-state index contributed by atoms with van der Waals surface area (Å²) in [6, 6.07) is 12.8. The topological polar surface area (TPSA) is 79.4 Å². The molecular weight excluding hydrogens is 418 g/mol. The Bertz CT molecular complexity index is 1180. The largest absolute Gasteiger partial charge is 0.322 e. The second-order valence-corrected chi connectivity index (χ2v) is 10.3. The van der Waals surface area contributed by atoms with Gasteiger partial charge in [-0.1, -0.05) is 24.6 Å². The fraction of sp³-hybridized carbons (Fsp3) is 0.273. The first-order valence-electron chi connectivity index (χ1n) is 9.89. The summed E-state index contributed by atoms with van der Waals surface area (Å²) in [5, 5.41) is 3.50. The van der Waals surface area contributed by atoms with E-state index < -0.39 is 10.0 Å². The number of hydrogen-bond acceptors (Lipinski definition) is 5. The highest BCUT2D eigenvalue weighted by molar-refractivity contribution is 7.89. The van der Waals surface area contributed by atoms with Crippen LogP contribution in [-0.4, -0.2) is 36.7 Å². The number of carbonyl (C=O) groups excluding carboxylic acids is 1. The van der Waals surface area contributed by atoms with Crippen molar-refractivity contribution in [3.05, 3.63) is 59.1 Å². The van der Waals surface area contributed by atoms with Gasteiger partial charge in [-0.05, 0) is 55.7 Å². The van der Waals surface area contributed by atoms with E-state index in [2.05, 4.69) is 10.3 Å². The third-order valence-corrected chi connectivity index (χ3v) is 8.12. The molecule has 2 aromatic carbocycles. The predicted molar refractivity (Wildman–Crippen MR) is 121 cm³/mol. The molecule has 30 heavy (non-hydrogen) atoms. The molecule has 0 aliphatic carbocycles. The molecule has 3 aromatic rings. The number of sulfonamides is 1. The number of thiazole rings is 1. The fourth-order valence-electron chi connectivity index (χ4n) is 3.49. The molecule has 1 amide bonds. The van der Waals surface area contributed by atoms with Gasteiger partial charge in [0.2, 0.25) is 15.9 Å². The number of rotatable bonds is 5. The molecule has 1 aliphatic heterocycles. The van der Waals surface area contributed by atoms with Crippen LogP contribution in [0.25, 0.3) is 16.3 Å². The van der Waals surface area contributed by atoms with Crippen molar-refractivity contribution in [2.24, 2.45) is 0 Å². The summed E-state index contributed by atoms with van der Waals surface area (Å²) in [5.74, 6) is -0.334. The first kappa shape index (κ1) is 20.7. The Morgan fingerprint density at radius 1 is 1.13 bits per heavy atom. The van der Waals surface area contributed by atoms with Gasteiger partial charge in [0.15, 0.2) is 0 Å². The normalized spacial score (nSPS) is 15.6. The van der Waals surface area contributed by atoms with Crippen molar-refractivity contribution < 1.29 is 13.2 Å². The zero-order chi connectivity index (χ0) is 21.1. The molecule has 0 spiro atoms. The Balaban J connectivity index is 1.50. The number of benzene rings is 2. The molecule has 0 atom stereocenters. The molecule has 0 saturated carbocycles. The molecule has 1 aliphatic rings. The lowest BCUT2D eigenvalue weighted by Gasteiger charge is -2.26. The molecule has 0 unspecified atom stereocenters. The van der Waals surface area contributed by atoms with Gasteiger partial charge in [0.25, 0.3) is 0 Å². The van der Waals surface area contributed by atoms with E-state index in [9.17, 15) is 13.2 Å². The second-order valence-electron chi connectivity index (χ2n) is 7.29. The third-order valence-electron chi connectivity index (χ3n) is 5.08. The van der Waals surface area contributed by atoms with Crippen LogP contribution >= 0.6 is 11.3 Å². The highest BCUT2D eigenvalue weighted by Gasteiger charge is 2.27. The van der Waals surface area contributed by atoms with Crippen LogP contribution in [0.4, 0.5) is 5.69 Å². The molecule has 8 heteroatoms. The van der Waals surface area contributed by atoms with Gasteiger partial charge in [-0.3, -0.25) is 4.79 Å². The van der Waals surface area contributed by atoms with Crippen molar-refractivity contribution in [1.29, 1.82) is 0 Å². The number of amides is 1. The zero-order valence-corrected chi connectivity index (χ0v) is 18.3. The van der Waals surface area contributed by atoms with E-state index in [0.29, 0.717) is 24.3 Å². The Hall–Kier alpha value is -2.55. The highest BCUT2D eigenvalue weighted by Crippen LogP contribution is 2.26. The van der Waals surface area contributed by atoms with E-state index in [1.54, 1.807) is 31.2 Å². The molecule has 1 fully saturated rings. The monoisotopic (exact) mass is 441 g/mol. The van der Waals surface area contributed by atoms with E-state index in [4.69, 9.17) is 0 Å². The summed E-state index contributed by atoms with van der Waals surface area (Å²) in [5.41, 5.74) is 2.02. The van der Waals surface area contributed by atoms with Crippen LogP contribution in [0.2, 0.25) is 0 Å². The van der Waals surface area contributed by atoms with Crippen molar-refractivity contribution in [2.75, 3.05) is 18.4 Å². The van der Waals surface area contributed by atoms with Gasteiger partial charge in [-0.2, -0.15) is 4.31 Å². The van der Waals surface area contributed by atoms with Gasteiger partial charge in [0, 0.05) is 24.9 Å². The lowest BCUT2D eigenvalue weighted by molar-refractivity contribution is -0.111. The maximum Gasteiger partial charge on any atom is 0.248 e. The molecule has 1 aromatic heterocycles. The van der Waals surface area contributed by atoms with Crippen LogP contribution in [0.5, 0.6) is 0 Å². The molecule has 4 rings (SSSR count). The number of fused-ring (bicyclic) bond motifs is 1. The van der Waals surface area contributed by atoms with E-state index in [1.165, 1.54) is 21.7 Å². The summed E-state index contributed by atoms with van der Waals surface area (Å²) in [6.45, 7) is 2.86. The van der Waals surface area contributed by atoms with Crippen LogP contribution in [0.15, 0.2) is 53.4 Å². The lowest BCUT2D eigenvalue weighted by Crippen LogP contribution is -2.36.